The average Bonchev–Trinajstić information content (AvgIpc) is 3.28. The van der Waals surface area contributed by atoms with Crippen molar-refractivity contribution in [1.29, 1.82) is 0 Å². The van der Waals surface area contributed by atoms with Gasteiger partial charge in [0.15, 0.2) is 0 Å². The lowest BCUT2D eigenvalue weighted by atomic mass is 9.86. The van der Waals surface area contributed by atoms with Crippen LogP contribution in [0.2, 0.25) is 0 Å². The number of carbonyl (C=O) groups excluding carboxylic acids is 1. The number of nitrogens with one attached hydrogen (secondary N) is 2. The smallest absolute Gasteiger partial charge is 0.227 e. The van der Waals surface area contributed by atoms with Crippen molar-refractivity contribution in [3.05, 3.63) is 35.5 Å². The van der Waals surface area contributed by atoms with Gasteiger partial charge in [-0.1, -0.05) is 58.9 Å². The van der Waals surface area contributed by atoms with E-state index in [0.717, 1.165) is 35.5 Å². The summed E-state index contributed by atoms with van der Waals surface area (Å²) in [6, 6.07) is 8.49. The third-order valence-corrected chi connectivity index (χ3v) is 4.58. The van der Waals surface area contributed by atoms with Gasteiger partial charge in [0.25, 0.3) is 0 Å². The van der Waals surface area contributed by atoms with Gasteiger partial charge in [-0.05, 0) is 23.8 Å². The Morgan fingerprint density at radius 3 is 2.33 bits per heavy atom. The molecule has 3 rings (SSSR count). The molecule has 2 aromatic rings. The van der Waals surface area contributed by atoms with Crippen molar-refractivity contribution in [1.82, 2.24) is 10.2 Å². The van der Waals surface area contributed by atoms with Gasteiger partial charge in [-0.25, -0.2) is 0 Å². The lowest BCUT2D eigenvalue weighted by molar-refractivity contribution is -0.118. The van der Waals surface area contributed by atoms with Gasteiger partial charge in [0.1, 0.15) is 5.69 Å². The topological polar surface area (TPSA) is 57.8 Å². The van der Waals surface area contributed by atoms with Gasteiger partial charge in [-0.3, -0.25) is 9.89 Å². The normalized spacial score (nSPS) is 14.9. The van der Waals surface area contributed by atoms with Crippen LogP contribution in [0.4, 0.5) is 5.69 Å². The van der Waals surface area contributed by atoms with Crippen LogP contribution in [0, 0.1) is 5.92 Å². The first-order valence-corrected chi connectivity index (χ1v) is 8.77. The maximum atomic E-state index is 12.2. The predicted octanol–water partition coefficient (Wildman–Crippen LogP) is 4.85. The van der Waals surface area contributed by atoms with Crippen LogP contribution in [0.25, 0.3) is 11.3 Å². The lowest BCUT2D eigenvalue weighted by Crippen LogP contribution is -2.18. The molecule has 0 aliphatic heterocycles. The van der Waals surface area contributed by atoms with Crippen molar-refractivity contribution in [2.45, 2.75) is 58.8 Å². The van der Waals surface area contributed by atoms with Crippen molar-refractivity contribution in [2.24, 2.45) is 5.92 Å². The van der Waals surface area contributed by atoms with Gasteiger partial charge in [0.05, 0.1) is 11.4 Å². The standard InChI is InChI=1S/C20H27N3O/c1-12(2)19(24)21-18-16(13-6-7-13)22-23-17(18)14-8-10-15(11-9-14)20(3,4)5/h8-13H,6-7H2,1-5H3,(H,21,24)(H,22,23). The van der Waals surface area contributed by atoms with Crippen LogP contribution in [0.3, 0.4) is 0 Å². The Labute approximate surface area is 144 Å². The number of carbonyl (C=O) groups is 1. The first kappa shape index (κ1) is 16.7. The number of aromatic amines is 1. The van der Waals surface area contributed by atoms with Crippen molar-refractivity contribution in [3.63, 3.8) is 0 Å². The summed E-state index contributed by atoms with van der Waals surface area (Å²) in [6.45, 7) is 10.4. The molecular formula is C20H27N3O. The third kappa shape index (κ3) is 3.37. The Morgan fingerprint density at radius 1 is 1.21 bits per heavy atom. The molecule has 1 aromatic heterocycles. The Bertz CT molecular complexity index is 731. The second kappa shape index (κ2) is 6.08. The molecule has 0 saturated heterocycles. The molecule has 0 bridgehead atoms. The molecule has 4 heteroatoms. The number of nitrogens with zero attached hydrogens (tertiary/aromatic N) is 1. The van der Waals surface area contributed by atoms with Crippen LogP contribution < -0.4 is 5.32 Å². The number of benzene rings is 1. The molecule has 0 radical (unpaired) electrons. The molecule has 1 saturated carbocycles. The summed E-state index contributed by atoms with van der Waals surface area (Å²) in [6.07, 6.45) is 2.32. The Kier molecular flexibility index (Phi) is 4.24. The number of aromatic nitrogens is 2. The van der Waals surface area contributed by atoms with E-state index in [1.807, 2.05) is 13.8 Å². The number of H-pyrrole nitrogens is 1. The minimum atomic E-state index is -0.0527. The highest BCUT2D eigenvalue weighted by Crippen LogP contribution is 2.45. The minimum absolute atomic E-state index is 0.0332. The molecule has 2 N–H and O–H groups in total. The summed E-state index contributed by atoms with van der Waals surface area (Å²) in [4.78, 5) is 12.2. The highest BCUT2D eigenvalue weighted by Gasteiger charge is 2.31. The van der Waals surface area contributed by atoms with E-state index >= 15 is 0 Å². The summed E-state index contributed by atoms with van der Waals surface area (Å²) in [7, 11) is 0. The van der Waals surface area contributed by atoms with E-state index in [4.69, 9.17) is 0 Å². The zero-order valence-corrected chi connectivity index (χ0v) is 15.2. The van der Waals surface area contributed by atoms with E-state index in [9.17, 15) is 4.79 Å². The lowest BCUT2D eigenvalue weighted by Gasteiger charge is -2.19. The zero-order chi connectivity index (χ0) is 17.5. The van der Waals surface area contributed by atoms with E-state index in [-0.39, 0.29) is 17.2 Å². The molecule has 0 unspecified atom stereocenters. The van der Waals surface area contributed by atoms with E-state index in [1.165, 1.54) is 5.56 Å². The molecule has 1 fully saturated rings. The molecule has 128 valence electrons. The number of anilines is 1. The van der Waals surface area contributed by atoms with Gasteiger partial charge in [-0.15, -0.1) is 0 Å². The fourth-order valence-electron chi connectivity index (χ4n) is 2.75. The average molecular weight is 325 g/mol. The quantitative estimate of drug-likeness (QED) is 0.844. The first-order valence-electron chi connectivity index (χ1n) is 8.77. The molecule has 0 spiro atoms. The Morgan fingerprint density at radius 2 is 1.83 bits per heavy atom. The van der Waals surface area contributed by atoms with Crippen LogP contribution in [0.5, 0.6) is 0 Å². The Balaban J connectivity index is 1.97. The molecule has 1 aliphatic carbocycles. The minimum Gasteiger partial charge on any atom is -0.322 e. The van der Waals surface area contributed by atoms with Crippen molar-refractivity contribution in [2.75, 3.05) is 5.32 Å². The SMILES string of the molecule is CC(C)C(=O)Nc1c(-c2ccc(C(C)(C)C)cc2)n[nH]c1C1CC1. The summed E-state index contributed by atoms with van der Waals surface area (Å²) < 4.78 is 0. The molecular weight excluding hydrogens is 298 g/mol. The van der Waals surface area contributed by atoms with Gasteiger partial charge in [-0.2, -0.15) is 5.10 Å². The van der Waals surface area contributed by atoms with E-state index in [2.05, 4.69) is 60.6 Å². The van der Waals surface area contributed by atoms with Crippen LogP contribution in [-0.2, 0) is 10.2 Å². The molecule has 0 atom stereocenters. The maximum absolute atomic E-state index is 12.2. The number of rotatable bonds is 4. The van der Waals surface area contributed by atoms with E-state index in [1.54, 1.807) is 0 Å². The van der Waals surface area contributed by atoms with E-state index in [0.29, 0.717) is 5.92 Å². The molecule has 1 aliphatic rings. The van der Waals surface area contributed by atoms with Crippen molar-refractivity contribution in [3.8, 4) is 11.3 Å². The van der Waals surface area contributed by atoms with Crippen LogP contribution in [-0.4, -0.2) is 16.1 Å². The summed E-state index contributed by atoms with van der Waals surface area (Å²) in [5, 5.41) is 10.8. The molecule has 24 heavy (non-hydrogen) atoms. The first-order chi connectivity index (χ1) is 11.3. The van der Waals surface area contributed by atoms with Gasteiger partial charge < -0.3 is 5.32 Å². The summed E-state index contributed by atoms with van der Waals surface area (Å²) in [5.41, 5.74) is 5.21. The third-order valence-electron chi connectivity index (χ3n) is 4.58. The largest absolute Gasteiger partial charge is 0.322 e. The maximum Gasteiger partial charge on any atom is 0.227 e. The second-order valence-electron chi connectivity index (χ2n) is 8.11. The Hall–Kier alpha value is -2.10. The van der Waals surface area contributed by atoms with Crippen LogP contribution in [0.15, 0.2) is 24.3 Å². The highest BCUT2D eigenvalue weighted by atomic mass is 16.1. The fraction of sp³-hybridized carbons (Fsp3) is 0.500. The molecule has 1 amide bonds. The predicted molar refractivity (Wildman–Crippen MR) is 98.2 cm³/mol. The molecule has 1 aromatic carbocycles. The van der Waals surface area contributed by atoms with Crippen molar-refractivity contribution >= 4 is 11.6 Å². The fourth-order valence-corrected chi connectivity index (χ4v) is 2.75. The highest BCUT2D eigenvalue weighted by molar-refractivity contribution is 5.96. The summed E-state index contributed by atoms with van der Waals surface area (Å²) >= 11 is 0. The summed E-state index contributed by atoms with van der Waals surface area (Å²) in [5.74, 6) is 0.483. The number of hydrogen-bond acceptors (Lipinski definition) is 2. The van der Waals surface area contributed by atoms with Crippen LogP contribution in [0.1, 0.15) is 64.6 Å². The number of hydrogen-bond donors (Lipinski definition) is 2. The molecule has 1 heterocycles. The van der Waals surface area contributed by atoms with Gasteiger partial charge >= 0.3 is 0 Å². The van der Waals surface area contributed by atoms with Gasteiger partial charge in [0.2, 0.25) is 5.91 Å². The molecule has 4 nitrogen and oxygen atoms in total. The van der Waals surface area contributed by atoms with Crippen LogP contribution >= 0.6 is 0 Å². The van der Waals surface area contributed by atoms with Crippen molar-refractivity contribution < 1.29 is 4.79 Å². The number of amides is 1. The zero-order valence-electron chi connectivity index (χ0n) is 15.2. The van der Waals surface area contributed by atoms with E-state index < -0.39 is 0 Å². The monoisotopic (exact) mass is 325 g/mol. The van der Waals surface area contributed by atoms with Gasteiger partial charge in [0, 0.05) is 17.4 Å². The second-order valence-corrected chi connectivity index (χ2v) is 8.11.